The van der Waals surface area contributed by atoms with Gasteiger partial charge in [0.15, 0.2) is 5.82 Å². The molecule has 0 saturated heterocycles. The van der Waals surface area contributed by atoms with Crippen LogP contribution in [0, 0.1) is 5.92 Å². The molecule has 1 aliphatic carbocycles. The van der Waals surface area contributed by atoms with E-state index in [1.807, 2.05) is 38.1 Å². The molecular weight excluding hydrogens is 278 g/mol. The van der Waals surface area contributed by atoms with Crippen LogP contribution in [0.1, 0.15) is 49.8 Å². The van der Waals surface area contributed by atoms with Gasteiger partial charge in [-0.25, -0.2) is 0 Å². The number of carbonyl (C=O) groups is 1. The van der Waals surface area contributed by atoms with E-state index in [9.17, 15) is 9.90 Å². The number of nitrogens with zero attached hydrogens (tertiary/aromatic N) is 1. The minimum Gasteiger partial charge on any atom is -0.508 e. The fourth-order valence-electron chi connectivity index (χ4n) is 2.84. The molecule has 0 unspecified atom stereocenters. The van der Waals surface area contributed by atoms with Gasteiger partial charge in [0.05, 0.1) is 0 Å². The SMILES string of the molecule is CC(C)C(=O)Nc1cc(C2CC(c3ccccc3O)C2)[nH]n1. The second-order valence-corrected chi connectivity index (χ2v) is 6.28. The molecule has 116 valence electrons. The second kappa shape index (κ2) is 5.83. The van der Waals surface area contributed by atoms with Gasteiger partial charge in [0, 0.05) is 23.6 Å². The smallest absolute Gasteiger partial charge is 0.228 e. The summed E-state index contributed by atoms with van der Waals surface area (Å²) in [6, 6.07) is 9.42. The number of anilines is 1. The zero-order chi connectivity index (χ0) is 15.7. The van der Waals surface area contributed by atoms with Crippen LogP contribution in [0.4, 0.5) is 5.82 Å². The van der Waals surface area contributed by atoms with Crippen molar-refractivity contribution in [1.82, 2.24) is 10.2 Å². The Bertz CT molecular complexity index is 672. The molecule has 3 rings (SSSR count). The molecule has 5 nitrogen and oxygen atoms in total. The summed E-state index contributed by atoms with van der Waals surface area (Å²) < 4.78 is 0. The molecule has 1 amide bonds. The van der Waals surface area contributed by atoms with Gasteiger partial charge in [-0.15, -0.1) is 0 Å². The van der Waals surface area contributed by atoms with Crippen molar-refractivity contribution < 1.29 is 9.90 Å². The minimum atomic E-state index is -0.0608. The van der Waals surface area contributed by atoms with Crippen molar-refractivity contribution >= 4 is 11.7 Å². The van der Waals surface area contributed by atoms with Crippen LogP contribution >= 0.6 is 0 Å². The Balaban J connectivity index is 1.61. The number of aromatic hydroxyl groups is 1. The van der Waals surface area contributed by atoms with E-state index in [4.69, 9.17) is 0 Å². The molecule has 0 radical (unpaired) electrons. The highest BCUT2D eigenvalue weighted by atomic mass is 16.3. The van der Waals surface area contributed by atoms with Gasteiger partial charge in [-0.05, 0) is 30.4 Å². The molecule has 0 spiro atoms. The average Bonchev–Trinajstić information content (AvgIpc) is 2.87. The fourth-order valence-corrected chi connectivity index (χ4v) is 2.84. The van der Waals surface area contributed by atoms with Crippen molar-refractivity contribution in [2.75, 3.05) is 5.32 Å². The van der Waals surface area contributed by atoms with Crippen LogP contribution in [-0.4, -0.2) is 21.2 Å². The number of carbonyl (C=O) groups excluding carboxylic acids is 1. The van der Waals surface area contributed by atoms with Crippen LogP contribution < -0.4 is 5.32 Å². The van der Waals surface area contributed by atoms with Gasteiger partial charge in [-0.1, -0.05) is 32.0 Å². The first-order chi connectivity index (χ1) is 10.5. The lowest BCUT2D eigenvalue weighted by Gasteiger charge is -2.35. The molecule has 1 saturated carbocycles. The van der Waals surface area contributed by atoms with E-state index in [-0.39, 0.29) is 11.8 Å². The van der Waals surface area contributed by atoms with E-state index in [1.54, 1.807) is 6.07 Å². The first-order valence-corrected chi connectivity index (χ1v) is 7.68. The molecule has 22 heavy (non-hydrogen) atoms. The number of aromatic nitrogens is 2. The number of hydrogen-bond donors (Lipinski definition) is 3. The van der Waals surface area contributed by atoms with Crippen LogP contribution in [0.25, 0.3) is 0 Å². The Hall–Kier alpha value is -2.30. The average molecular weight is 299 g/mol. The predicted octanol–water partition coefficient (Wildman–Crippen LogP) is 3.37. The zero-order valence-electron chi connectivity index (χ0n) is 12.8. The van der Waals surface area contributed by atoms with E-state index in [0.29, 0.717) is 23.4 Å². The van der Waals surface area contributed by atoms with Crippen LogP contribution in [0.2, 0.25) is 0 Å². The lowest BCUT2D eigenvalue weighted by molar-refractivity contribution is -0.118. The highest BCUT2D eigenvalue weighted by Gasteiger charge is 2.34. The maximum absolute atomic E-state index is 11.7. The quantitative estimate of drug-likeness (QED) is 0.810. The summed E-state index contributed by atoms with van der Waals surface area (Å²) in [6.45, 7) is 3.71. The Labute approximate surface area is 129 Å². The molecule has 5 heteroatoms. The summed E-state index contributed by atoms with van der Waals surface area (Å²) in [6.07, 6.45) is 1.97. The molecule has 1 heterocycles. The molecule has 2 aromatic rings. The van der Waals surface area contributed by atoms with Gasteiger partial charge in [-0.3, -0.25) is 9.89 Å². The number of phenolic OH excluding ortho intramolecular Hbond substituents is 1. The fraction of sp³-hybridized carbons (Fsp3) is 0.412. The molecule has 1 aliphatic rings. The number of phenols is 1. The Morgan fingerprint density at radius 3 is 2.73 bits per heavy atom. The molecule has 0 aliphatic heterocycles. The van der Waals surface area contributed by atoms with Crippen molar-refractivity contribution in [2.45, 2.75) is 38.5 Å². The number of nitrogens with one attached hydrogen (secondary N) is 2. The molecule has 0 bridgehead atoms. The number of rotatable bonds is 4. The van der Waals surface area contributed by atoms with E-state index < -0.39 is 0 Å². The number of benzene rings is 1. The van der Waals surface area contributed by atoms with E-state index in [1.165, 1.54) is 0 Å². The van der Waals surface area contributed by atoms with Crippen LogP contribution in [0.3, 0.4) is 0 Å². The summed E-state index contributed by atoms with van der Waals surface area (Å²) in [5.74, 6) is 1.67. The normalized spacial score (nSPS) is 20.7. The summed E-state index contributed by atoms with van der Waals surface area (Å²) in [5.41, 5.74) is 2.07. The van der Waals surface area contributed by atoms with Crippen molar-refractivity contribution in [3.8, 4) is 5.75 Å². The Kier molecular flexibility index (Phi) is 3.88. The van der Waals surface area contributed by atoms with Gasteiger partial charge in [-0.2, -0.15) is 5.10 Å². The van der Waals surface area contributed by atoms with Crippen LogP contribution in [0.5, 0.6) is 5.75 Å². The van der Waals surface area contributed by atoms with Crippen molar-refractivity contribution in [2.24, 2.45) is 5.92 Å². The van der Waals surface area contributed by atoms with E-state index in [0.717, 1.165) is 24.1 Å². The molecule has 1 aromatic heterocycles. The monoisotopic (exact) mass is 299 g/mol. The van der Waals surface area contributed by atoms with Gasteiger partial charge in [0.1, 0.15) is 5.75 Å². The number of hydrogen-bond acceptors (Lipinski definition) is 3. The largest absolute Gasteiger partial charge is 0.508 e. The topological polar surface area (TPSA) is 78.0 Å². The standard InChI is InChI=1S/C17H21N3O2/c1-10(2)17(22)18-16-9-14(19-20-16)12-7-11(8-12)13-5-3-4-6-15(13)21/h3-6,9-12,21H,7-8H2,1-2H3,(H2,18,19,20,22). The van der Waals surface area contributed by atoms with Gasteiger partial charge in [0.2, 0.25) is 5.91 Å². The van der Waals surface area contributed by atoms with Gasteiger partial charge < -0.3 is 10.4 Å². The summed E-state index contributed by atoms with van der Waals surface area (Å²) in [5, 5.41) is 19.8. The molecular formula is C17H21N3O2. The molecule has 0 atom stereocenters. The third-order valence-corrected chi connectivity index (χ3v) is 4.33. The van der Waals surface area contributed by atoms with Crippen molar-refractivity contribution in [3.63, 3.8) is 0 Å². The second-order valence-electron chi connectivity index (χ2n) is 6.28. The highest BCUT2D eigenvalue weighted by Crippen LogP contribution is 2.49. The first kappa shape index (κ1) is 14.6. The maximum atomic E-state index is 11.7. The third-order valence-electron chi connectivity index (χ3n) is 4.33. The van der Waals surface area contributed by atoms with E-state index in [2.05, 4.69) is 15.5 Å². The van der Waals surface area contributed by atoms with Crippen molar-refractivity contribution in [3.05, 3.63) is 41.6 Å². The van der Waals surface area contributed by atoms with Crippen LogP contribution in [-0.2, 0) is 4.79 Å². The predicted molar refractivity (Wildman–Crippen MR) is 84.9 cm³/mol. The number of para-hydroxylation sites is 1. The maximum Gasteiger partial charge on any atom is 0.228 e. The van der Waals surface area contributed by atoms with Crippen LogP contribution in [0.15, 0.2) is 30.3 Å². The van der Waals surface area contributed by atoms with E-state index >= 15 is 0 Å². The van der Waals surface area contributed by atoms with Gasteiger partial charge >= 0.3 is 0 Å². The Morgan fingerprint density at radius 2 is 2.05 bits per heavy atom. The number of H-pyrrole nitrogens is 1. The van der Waals surface area contributed by atoms with Gasteiger partial charge in [0.25, 0.3) is 0 Å². The minimum absolute atomic E-state index is 0.0289. The first-order valence-electron chi connectivity index (χ1n) is 7.68. The molecule has 1 fully saturated rings. The third kappa shape index (κ3) is 2.84. The lowest BCUT2D eigenvalue weighted by Crippen LogP contribution is -2.20. The number of aromatic amines is 1. The number of amides is 1. The highest BCUT2D eigenvalue weighted by molar-refractivity contribution is 5.91. The lowest BCUT2D eigenvalue weighted by atomic mass is 9.70. The summed E-state index contributed by atoms with van der Waals surface area (Å²) >= 11 is 0. The van der Waals surface area contributed by atoms with Crippen molar-refractivity contribution in [1.29, 1.82) is 0 Å². The Morgan fingerprint density at radius 1 is 1.32 bits per heavy atom. The summed E-state index contributed by atoms with van der Waals surface area (Å²) in [7, 11) is 0. The molecule has 3 N–H and O–H groups in total. The molecule has 1 aromatic carbocycles. The summed E-state index contributed by atoms with van der Waals surface area (Å²) in [4.78, 5) is 11.7. The zero-order valence-corrected chi connectivity index (χ0v) is 12.8.